The lowest BCUT2D eigenvalue weighted by molar-refractivity contribution is -0.0461. The number of methoxy groups -OCH3 is 1. The Hall–Kier alpha value is -2.43. The summed E-state index contributed by atoms with van der Waals surface area (Å²) in [6.07, 6.45) is 8.30. The minimum Gasteiger partial charge on any atom is -0.465 e. The second kappa shape index (κ2) is 14.6. The molecular formula is C28H43N5O4S. The number of amides is 1. The summed E-state index contributed by atoms with van der Waals surface area (Å²) in [5.41, 5.74) is 1.18. The van der Waals surface area contributed by atoms with Crippen molar-refractivity contribution in [1.29, 1.82) is 0 Å². The fourth-order valence-corrected chi connectivity index (χ4v) is 6.34. The molecule has 4 rings (SSSR count). The summed E-state index contributed by atoms with van der Waals surface area (Å²) in [4.78, 5) is 13.6. The van der Waals surface area contributed by atoms with E-state index in [1.54, 1.807) is 7.11 Å². The number of anilines is 2. The van der Waals surface area contributed by atoms with Crippen LogP contribution in [0.2, 0.25) is 0 Å². The highest BCUT2D eigenvalue weighted by Crippen LogP contribution is 2.37. The van der Waals surface area contributed by atoms with Crippen LogP contribution in [0.25, 0.3) is 0 Å². The van der Waals surface area contributed by atoms with Gasteiger partial charge in [-0.1, -0.05) is 62.4 Å². The Morgan fingerprint density at radius 3 is 2.68 bits per heavy atom. The van der Waals surface area contributed by atoms with Gasteiger partial charge < -0.3 is 30.1 Å². The summed E-state index contributed by atoms with van der Waals surface area (Å²) in [6, 6.07) is 10.4. The van der Waals surface area contributed by atoms with Crippen LogP contribution < -0.4 is 15.5 Å². The monoisotopic (exact) mass is 545 g/mol. The summed E-state index contributed by atoms with van der Waals surface area (Å²) < 4.78 is 21.2. The Kier molecular flexibility index (Phi) is 11.0. The zero-order valence-electron chi connectivity index (χ0n) is 22.7. The molecule has 1 aliphatic carbocycles. The molecule has 1 aliphatic heterocycles. The average Bonchev–Trinajstić information content (AvgIpc) is 3.41. The Morgan fingerprint density at radius 1 is 1.16 bits per heavy atom. The van der Waals surface area contributed by atoms with E-state index >= 15 is 0 Å². The molecule has 2 heterocycles. The Balaban J connectivity index is 1.46. The standard InChI is InChI=1S/C28H43N5O4S/c1-20(36-2)19-37-25(22-12-7-4-8-13-22)23-14-9-15-33(18-23)27-26(31-38-32-27)30-24(17-29-28(34)35)16-21-10-5-3-6-11-21/h4,7-8,12-13,20-21,23-25,29H,3,5-6,9-11,14-19H2,1-2H3,(H,30,31)(H,34,35)/t20-,23?,24?,25?/m0/s1. The molecule has 3 unspecified atom stereocenters. The van der Waals surface area contributed by atoms with E-state index in [2.05, 4.69) is 48.5 Å². The van der Waals surface area contributed by atoms with E-state index in [1.807, 2.05) is 13.0 Å². The smallest absolute Gasteiger partial charge is 0.404 e. The largest absolute Gasteiger partial charge is 0.465 e. The summed E-state index contributed by atoms with van der Waals surface area (Å²) in [7, 11) is 1.71. The molecule has 0 radical (unpaired) electrons. The van der Waals surface area contributed by atoms with E-state index in [9.17, 15) is 9.90 Å². The molecule has 1 aromatic heterocycles. The van der Waals surface area contributed by atoms with Crippen molar-refractivity contribution in [3.05, 3.63) is 35.9 Å². The second-order valence-corrected chi connectivity index (χ2v) is 11.3. The molecule has 2 aromatic rings. The van der Waals surface area contributed by atoms with E-state index in [0.29, 0.717) is 25.0 Å². The minimum atomic E-state index is -0.995. The van der Waals surface area contributed by atoms with Crippen LogP contribution in [0.1, 0.15) is 70.0 Å². The molecule has 0 bridgehead atoms. The minimum absolute atomic E-state index is 0.0200. The van der Waals surface area contributed by atoms with E-state index in [-0.39, 0.29) is 18.2 Å². The molecule has 1 aromatic carbocycles. The Labute approximate surface area is 230 Å². The van der Waals surface area contributed by atoms with Crippen LogP contribution in [0, 0.1) is 11.8 Å². The van der Waals surface area contributed by atoms with Gasteiger partial charge in [-0.15, -0.1) is 0 Å². The van der Waals surface area contributed by atoms with Gasteiger partial charge in [-0.3, -0.25) is 0 Å². The van der Waals surface area contributed by atoms with Gasteiger partial charge in [0.05, 0.1) is 30.5 Å². The summed E-state index contributed by atoms with van der Waals surface area (Å²) in [5.74, 6) is 2.54. The fourth-order valence-electron chi connectivity index (χ4n) is 5.81. The van der Waals surface area contributed by atoms with Crippen LogP contribution in [0.3, 0.4) is 0 Å². The zero-order valence-corrected chi connectivity index (χ0v) is 23.5. The third-order valence-electron chi connectivity index (χ3n) is 7.88. The first-order valence-corrected chi connectivity index (χ1v) is 14.8. The lowest BCUT2D eigenvalue weighted by Crippen LogP contribution is -2.40. The lowest BCUT2D eigenvalue weighted by Gasteiger charge is -2.38. The summed E-state index contributed by atoms with van der Waals surface area (Å²) in [6.45, 7) is 4.65. The fraction of sp³-hybridized carbons (Fsp3) is 0.679. The molecule has 2 aliphatic rings. The number of piperidine rings is 1. The maximum Gasteiger partial charge on any atom is 0.404 e. The third-order valence-corrected chi connectivity index (χ3v) is 8.40. The van der Waals surface area contributed by atoms with Crippen molar-refractivity contribution in [3.8, 4) is 0 Å². The number of nitrogens with one attached hydrogen (secondary N) is 2. The average molecular weight is 546 g/mol. The van der Waals surface area contributed by atoms with E-state index in [0.717, 1.165) is 44.0 Å². The van der Waals surface area contributed by atoms with Crippen molar-refractivity contribution >= 4 is 29.5 Å². The Morgan fingerprint density at radius 2 is 1.95 bits per heavy atom. The van der Waals surface area contributed by atoms with E-state index in [4.69, 9.17) is 9.47 Å². The second-order valence-electron chi connectivity index (χ2n) is 10.8. The number of carbonyl (C=O) groups is 1. The van der Waals surface area contributed by atoms with E-state index in [1.165, 1.54) is 49.4 Å². The van der Waals surface area contributed by atoms with Crippen molar-refractivity contribution in [2.45, 2.75) is 76.5 Å². The maximum atomic E-state index is 11.3. The predicted octanol–water partition coefficient (Wildman–Crippen LogP) is 5.57. The number of hydrogen-bond acceptors (Lipinski definition) is 8. The van der Waals surface area contributed by atoms with Crippen LogP contribution >= 0.6 is 11.7 Å². The molecular weight excluding hydrogens is 502 g/mol. The first kappa shape index (κ1) is 28.6. The van der Waals surface area contributed by atoms with Crippen molar-refractivity contribution in [1.82, 2.24) is 14.1 Å². The highest BCUT2D eigenvalue weighted by Gasteiger charge is 2.32. The van der Waals surface area contributed by atoms with Crippen molar-refractivity contribution in [2.75, 3.05) is 43.6 Å². The molecule has 2 fully saturated rings. The van der Waals surface area contributed by atoms with Crippen molar-refractivity contribution < 1.29 is 19.4 Å². The van der Waals surface area contributed by atoms with Gasteiger partial charge in [-0.2, -0.15) is 8.75 Å². The summed E-state index contributed by atoms with van der Waals surface area (Å²) in [5, 5.41) is 15.4. The van der Waals surface area contributed by atoms with Gasteiger partial charge in [0, 0.05) is 38.7 Å². The van der Waals surface area contributed by atoms with Gasteiger partial charge in [-0.25, -0.2) is 4.79 Å². The van der Waals surface area contributed by atoms with Crippen molar-refractivity contribution in [3.63, 3.8) is 0 Å². The van der Waals surface area contributed by atoms with Crippen LogP contribution in [0.15, 0.2) is 30.3 Å². The van der Waals surface area contributed by atoms with Gasteiger partial charge in [0.1, 0.15) is 0 Å². The predicted molar refractivity (Wildman–Crippen MR) is 151 cm³/mol. The number of ether oxygens (including phenoxy) is 2. The molecule has 3 N–H and O–H groups in total. The maximum absolute atomic E-state index is 11.3. The molecule has 1 saturated carbocycles. The topological polar surface area (TPSA) is 109 Å². The highest BCUT2D eigenvalue weighted by molar-refractivity contribution is 6.99. The zero-order chi connectivity index (χ0) is 26.7. The molecule has 210 valence electrons. The molecule has 0 spiro atoms. The SMILES string of the molecule is CO[C@@H](C)COC(c1ccccc1)C1CCCN(c2nsnc2NC(CNC(=O)O)CC2CCCCC2)C1. The van der Waals surface area contributed by atoms with Gasteiger partial charge in [0.25, 0.3) is 0 Å². The first-order valence-electron chi connectivity index (χ1n) is 14.0. The quantitative estimate of drug-likeness (QED) is 0.300. The van der Waals surface area contributed by atoms with Gasteiger partial charge in [0.15, 0.2) is 11.6 Å². The van der Waals surface area contributed by atoms with Crippen LogP contribution in [0.4, 0.5) is 16.4 Å². The van der Waals surface area contributed by atoms with E-state index < -0.39 is 6.09 Å². The number of hydrogen-bond donors (Lipinski definition) is 3. The molecule has 9 nitrogen and oxygen atoms in total. The number of carboxylic acid groups (broad SMARTS) is 1. The lowest BCUT2D eigenvalue weighted by atomic mass is 9.85. The highest BCUT2D eigenvalue weighted by atomic mass is 32.1. The molecule has 1 amide bonds. The van der Waals surface area contributed by atoms with Crippen LogP contribution in [0.5, 0.6) is 0 Å². The third kappa shape index (κ3) is 8.28. The molecule has 1 saturated heterocycles. The van der Waals surface area contributed by atoms with Gasteiger partial charge >= 0.3 is 6.09 Å². The molecule has 4 atom stereocenters. The first-order chi connectivity index (χ1) is 18.5. The van der Waals surface area contributed by atoms with Crippen LogP contribution in [-0.2, 0) is 9.47 Å². The van der Waals surface area contributed by atoms with Gasteiger partial charge in [0.2, 0.25) is 0 Å². The number of aromatic nitrogens is 2. The number of benzene rings is 1. The number of nitrogens with zero attached hydrogens (tertiary/aromatic N) is 3. The Bertz CT molecular complexity index is 971. The summed E-state index contributed by atoms with van der Waals surface area (Å²) >= 11 is 1.21. The van der Waals surface area contributed by atoms with Crippen LogP contribution in [-0.4, -0.2) is 65.4 Å². The van der Waals surface area contributed by atoms with Gasteiger partial charge in [-0.05, 0) is 37.7 Å². The normalized spacial score (nSPS) is 21.0. The van der Waals surface area contributed by atoms with Crippen molar-refractivity contribution in [2.24, 2.45) is 11.8 Å². The molecule has 38 heavy (non-hydrogen) atoms. The molecule has 10 heteroatoms. The number of rotatable bonds is 13.